The second-order valence-electron chi connectivity index (χ2n) is 2.80. The zero-order chi connectivity index (χ0) is 9.68. The SMILES string of the molecule is CCCCC(=O)Nc1nc(C)ns1. The lowest BCUT2D eigenvalue weighted by Crippen LogP contribution is -2.10. The van der Waals surface area contributed by atoms with Crippen molar-refractivity contribution in [2.45, 2.75) is 33.1 Å². The summed E-state index contributed by atoms with van der Waals surface area (Å²) in [5, 5.41) is 3.30. The first-order valence-electron chi connectivity index (χ1n) is 4.32. The number of hydrogen-bond acceptors (Lipinski definition) is 4. The van der Waals surface area contributed by atoms with Gasteiger partial charge in [-0.2, -0.15) is 4.37 Å². The molecule has 0 fully saturated rings. The predicted molar refractivity (Wildman–Crippen MR) is 52.8 cm³/mol. The number of carbonyl (C=O) groups is 1. The highest BCUT2D eigenvalue weighted by Crippen LogP contribution is 2.10. The number of anilines is 1. The van der Waals surface area contributed by atoms with Crippen molar-refractivity contribution >= 4 is 22.6 Å². The van der Waals surface area contributed by atoms with E-state index in [1.165, 1.54) is 11.5 Å². The van der Waals surface area contributed by atoms with Crippen LogP contribution in [0.25, 0.3) is 0 Å². The van der Waals surface area contributed by atoms with Crippen LogP contribution in [0.1, 0.15) is 32.0 Å². The number of hydrogen-bond donors (Lipinski definition) is 1. The standard InChI is InChI=1S/C8H13N3OS/c1-3-4-5-7(12)10-8-9-6(2)11-13-8/h3-5H2,1-2H3,(H,9,10,11,12). The Hall–Kier alpha value is -0.970. The van der Waals surface area contributed by atoms with Crippen LogP contribution >= 0.6 is 11.5 Å². The van der Waals surface area contributed by atoms with Crippen molar-refractivity contribution in [2.24, 2.45) is 0 Å². The molecule has 0 saturated heterocycles. The molecule has 5 heteroatoms. The lowest BCUT2D eigenvalue weighted by molar-refractivity contribution is -0.116. The first-order valence-corrected chi connectivity index (χ1v) is 5.10. The Morgan fingerprint density at radius 2 is 2.38 bits per heavy atom. The van der Waals surface area contributed by atoms with Gasteiger partial charge in [-0.25, -0.2) is 4.98 Å². The fourth-order valence-electron chi connectivity index (χ4n) is 0.867. The number of aryl methyl sites for hydroxylation is 1. The summed E-state index contributed by atoms with van der Waals surface area (Å²) in [6.07, 6.45) is 2.52. The van der Waals surface area contributed by atoms with Gasteiger partial charge in [-0.15, -0.1) is 0 Å². The van der Waals surface area contributed by atoms with Crippen molar-refractivity contribution in [3.05, 3.63) is 5.82 Å². The molecule has 0 unspecified atom stereocenters. The van der Waals surface area contributed by atoms with Gasteiger partial charge >= 0.3 is 0 Å². The van der Waals surface area contributed by atoms with E-state index in [1.54, 1.807) is 6.92 Å². The molecular weight excluding hydrogens is 186 g/mol. The summed E-state index contributed by atoms with van der Waals surface area (Å²) in [5.41, 5.74) is 0. The highest BCUT2D eigenvalue weighted by atomic mass is 32.1. The minimum absolute atomic E-state index is 0.0259. The van der Waals surface area contributed by atoms with E-state index in [0.717, 1.165) is 12.8 Å². The normalized spacial score (nSPS) is 10.0. The van der Waals surface area contributed by atoms with Gasteiger partial charge < -0.3 is 5.32 Å². The number of nitrogens with one attached hydrogen (secondary N) is 1. The zero-order valence-electron chi connectivity index (χ0n) is 7.83. The molecule has 13 heavy (non-hydrogen) atoms. The van der Waals surface area contributed by atoms with E-state index in [1.807, 2.05) is 0 Å². The van der Waals surface area contributed by atoms with Crippen LogP contribution in [0.3, 0.4) is 0 Å². The maximum absolute atomic E-state index is 11.2. The summed E-state index contributed by atoms with van der Waals surface area (Å²) in [6.45, 7) is 3.86. The first-order chi connectivity index (χ1) is 6.22. The highest BCUT2D eigenvalue weighted by molar-refractivity contribution is 7.09. The van der Waals surface area contributed by atoms with E-state index in [2.05, 4.69) is 21.6 Å². The van der Waals surface area contributed by atoms with Gasteiger partial charge in [0.15, 0.2) is 0 Å². The summed E-state index contributed by atoms with van der Waals surface area (Å²) in [4.78, 5) is 15.2. The molecule has 0 radical (unpaired) electrons. The molecule has 0 bridgehead atoms. The summed E-state index contributed by atoms with van der Waals surface area (Å²) >= 11 is 1.22. The molecule has 1 heterocycles. The number of aromatic nitrogens is 2. The number of amides is 1. The molecule has 1 aromatic heterocycles. The molecule has 0 aliphatic carbocycles. The number of unbranched alkanes of at least 4 members (excludes halogenated alkanes) is 1. The fourth-order valence-corrected chi connectivity index (χ4v) is 1.46. The van der Waals surface area contributed by atoms with Crippen molar-refractivity contribution in [1.29, 1.82) is 0 Å². The second kappa shape index (κ2) is 4.91. The quantitative estimate of drug-likeness (QED) is 0.806. The number of carbonyl (C=O) groups excluding carboxylic acids is 1. The van der Waals surface area contributed by atoms with Crippen molar-refractivity contribution in [3.63, 3.8) is 0 Å². The van der Waals surface area contributed by atoms with Crippen molar-refractivity contribution in [1.82, 2.24) is 9.36 Å². The topological polar surface area (TPSA) is 54.9 Å². The summed E-state index contributed by atoms with van der Waals surface area (Å²) in [5.74, 6) is 0.730. The monoisotopic (exact) mass is 199 g/mol. The van der Waals surface area contributed by atoms with E-state index in [9.17, 15) is 4.79 Å². The maximum Gasteiger partial charge on any atom is 0.226 e. The van der Waals surface area contributed by atoms with Crippen LogP contribution in [0.5, 0.6) is 0 Å². The molecule has 0 saturated carbocycles. The van der Waals surface area contributed by atoms with Gasteiger partial charge in [-0.1, -0.05) is 13.3 Å². The van der Waals surface area contributed by atoms with Gasteiger partial charge in [0.25, 0.3) is 0 Å². The first kappa shape index (κ1) is 10.1. The summed E-state index contributed by atoms with van der Waals surface area (Å²) < 4.78 is 3.97. The largest absolute Gasteiger partial charge is 0.301 e. The Bertz CT molecular complexity index is 285. The second-order valence-corrected chi connectivity index (χ2v) is 3.55. The maximum atomic E-state index is 11.2. The van der Waals surface area contributed by atoms with Crippen LogP contribution in [-0.4, -0.2) is 15.3 Å². The molecule has 0 aromatic carbocycles. The smallest absolute Gasteiger partial charge is 0.226 e. The van der Waals surface area contributed by atoms with Gasteiger partial charge in [0.05, 0.1) is 0 Å². The van der Waals surface area contributed by atoms with Crippen LogP contribution in [0.15, 0.2) is 0 Å². The van der Waals surface area contributed by atoms with Gasteiger partial charge in [0, 0.05) is 18.0 Å². The number of rotatable bonds is 4. The van der Waals surface area contributed by atoms with Gasteiger partial charge in [0.2, 0.25) is 11.0 Å². The third-order valence-electron chi connectivity index (χ3n) is 1.53. The molecule has 1 aromatic rings. The average Bonchev–Trinajstić information content (AvgIpc) is 2.48. The van der Waals surface area contributed by atoms with Crippen LogP contribution < -0.4 is 5.32 Å². The Balaban J connectivity index is 2.36. The van der Waals surface area contributed by atoms with E-state index >= 15 is 0 Å². The Morgan fingerprint density at radius 1 is 1.62 bits per heavy atom. The van der Waals surface area contributed by atoms with Crippen molar-refractivity contribution in [2.75, 3.05) is 5.32 Å². The molecule has 1 rings (SSSR count). The number of nitrogens with zero attached hydrogens (tertiary/aromatic N) is 2. The van der Waals surface area contributed by atoms with Gasteiger partial charge in [-0.3, -0.25) is 4.79 Å². The third kappa shape index (κ3) is 3.50. The fraction of sp³-hybridized carbons (Fsp3) is 0.625. The average molecular weight is 199 g/mol. The zero-order valence-corrected chi connectivity index (χ0v) is 8.65. The van der Waals surface area contributed by atoms with Gasteiger partial charge in [0.1, 0.15) is 5.82 Å². The minimum Gasteiger partial charge on any atom is -0.301 e. The van der Waals surface area contributed by atoms with Crippen LogP contribution in [-0.2, 0) is 4.79 Å². The van der Waals surface area contributed by atoms with E-state index in [0.29, 0.717) is 17.4 Å². The lowest BCUT2D eigenvalue weighted by Gasteiger charge is -1.98. The summed E-state index contributed by atoms with van der Waals surface area (Å²) in [7, 11) is 0. The molecular formula is C8H13N3OS. The Morgan fingerprint density at radius 3 is 2.92 bits per heavy atom. The van der Waals surface area contributed by atoms with Crippen LogP contribution in [0.4, 0.5) is 5.13 Å². The Labute approximate surface area is 81.6 Å². The molecule has 0 atom stereocenters. The Kier molecular flexibility index (Phi) is 3.82. The van der Waals surface area contributed by atoms with Crippen LogP contribution in [0, 0.1) is 6.92 Å². The van der Waals surface area contributed by atoms with Crippen molar-refractivity contribution in [3.8, 4) is 0 Å². The van der Waals surface area contributed by atoms with Crippen LogP contribution in [0.2, 0.25) is 0 Å². The molecule has 1 N–H and O–H groups in total. The highest BCUT2D eigenvalue weighted by Gasteiger charge is 2.04. The molecule has 72 valence electrons. The molecule has 0 aliphatic heterocycles. The lowest BCUT2D eigenvalue weighted by atomic mass is 10.2. The van der Waals surface area contributed by atoms with Crippen molar-refractivity contribution < 1.29 is 4.79 Å². The molecule has 4 nitrogen and oxygen atoms in total. The van der Waals surface area contributed by atoms with E-state index in [4.69, 9.17) is 0 Å². The third-order valence-corrected chi connectivity index (χ3v) is 2.25. The van der Waals surface area contributed by atoms with E-state index in [-0.39, 0.29) is 5.91 Å². The molecule has 0 spiro atoms. The summed E-state index contributed by atoms with van der Waals surface area (Å²) in [6, 6.07) is 0. The van der Waals surface area contributed by atoms with Gasteiger partial charge in [-0.05, 0) is 13.3 Å². The minimum atomic E-state index is 0.0259. The molecule has 0 aliphatic rings. The molecule has 1 amide bonds. The predicted octanol–water partition coefficient (Wildman–Crippen LogP) is 1.98. The van der Waals surface area contributed by atoms with E-state index < -0.39 is 0 Å².